The van der Waals surface area contributed by atoms with E-state index >= 15 is 0 Å². The molecule has 0 saturated carbocycles. The van der Waals surface area contributed by atoms with Crippen LogP contribution in [0.15, 0.2) is 82.5 Å². The molecule has 1 aliphatic rings. The van der Waals surface area contributed by atoms with E-state index in [0.717, 1.165) is 9.87 Å². The number of hydrogen-bond acceptors (Lipinski definition) is 7. The van der Waals surface area contributed by atoms with Crippen molar-refractivity contribution < 1.29 is 27.9 Å². The van der Waals surface area contributed by atoms with Gasteiger partial charge in [-0.15, -0.1) is 0 Å². The van der Waals surface area contributed by atoms with Gasteiger partial charge in [0.2, 0.25) is 10.0 Å². The van der Waals surface area contributed by atoms with Crippen LogP contribution in [0.2, 0.25) is 0 Å². The van der Waals surface area contributed by atoms with Crippen molar-refractivity contribution in [3.8, 4) is 22.9 Å². The number of benzene rings is 3. The van der Waals surface area contributed by atoms with Gasteiger partial charge in [0, 0.05) is 24.7 Å². The molecule has 3 N–H and O–H groups in total. The number of aromatic amines is 1. The third-order valence-electron chi connectivity index (χ3n) is 6.45. The van der Waals surface area contributed by atoms with Crippen molar-refractivity contribution in [1.29, 1.82) is 0 Å². The Morgan fingerprint density at radius 2 is 1.72 bits per heavy atom. The number of nitrogens with one attached hydrogen (secondary N) is 2. The van der Waals surface area contributed by atoms with Crippen LogP contribution in [0.5, 0.6) is 17.2 Å². The lowest BCUT2D eigenvalue weighted by Crippen LogP contribution is -2.48. The van der Waals surface area contributed by atoms with Crippen LogP contribution in [0.25, 0.3) is 5.69 Å². The highest BCUT2D eigenvalue weighted by atomic mass is 32.2. The van der Waals surface area contributed by atoms with Crippen molar-refractivity contribution in [3.05, 3.63) is 100.0 Å². The number of carbonyl (C=O) groups excluding carboxylic acids is 1. The van der Waals surface area contributed by atoms with Crippen molar-refractivity contribution in [2.75, 3.05) is 13.7 Å². The summed E-state index contributed by atoms with van der Waals surface area (Å²) in [6.07, 6.45) is 0.162. The zero-order valence-corrected chi connectivity index (χ0v) is 21.9. The number of methoxy groups -OCH3 is 1. The third kappa shape index (κ3) is 4.92. The van der Waals surface area contributed by atoms with Gasteiger partial charge in [-0.3, -0.25) is 19.9 Å². The molecule has 5 rings (SSSR count). The average Bonchev–Trinajstić information content (AvgIpc) is 3.28. The Morgan fingerprint density at radius 1 is 1.03 bits per heavy atom. The molecule has 202 valence electrons. The lowest BCUT2D eigenvalue weighted by atomic mass is 10.0. The number of rotatable bonds is 7. The molecule has 0 aliphatic carbocycles. The second kappa shape index (κ2) is 10.4. The van der Waals surface area contributed by atoms with Gasteiger partial charge in [0.1, 0.15) is 23.3 Å². The summed E-state index contributed by atoms with van der Waals surface area (Å²) < 4.78 is 40.7. The molecule has 0 unspecified atom stereocenters. The molecule has 1 aromatic heterocycles. The fourth-order valence-electron chi connectivity index (χ4n) is 4.65. The molecule has 0 saturated heterocycles. The van der Waals surface area contributed by atoms with Crippen molar-refractivity contribution in [2.24, 2.45) is 0 Å². The van der Waals surface area contributed by atoms with E-state index in [4.69, 9.17) is 9.47 Å². The number of H-pyrrole nitrogens is 1. The number of fused-ring (bicyclic) bond motifs is 1. The van der Waals surface area contributed by atoms with Gasteiger partial charge in [-0.1, -0.05) is 18.2 Å². The molecule has 3 aromatic carbocycles. The summed E-state index contributed by atoms with van der Waals surface area (Å²) >= 11 is 0. The maximum absolute atomic E-state index is 13.7. The molecule has 2 heterocycles. The standard InChI is InChI=1S/C27H26N4O7S/c1-17-14-20(37-2)16-21(15-17)38-19-8-10-22(11-9-19)39(35,36)30-13-12-23-24(25(30)26(32)29-34)27(33)31(28-23)18-6-4-3-5-7-18/h3-11,14-16,25,28,34H,12-13H2,1-2H3,(H,29,32)/t25-/m1/s1. The Kier molecular flexibility index (Phi) is 7.00. The number of nitrogens with zero attached hydrogens (tertiary/aromatic N) is 2. The molecule has 4 aromatic rings. The number of sulfonamides is 1. The van der Waals surface area contributed by atoms with Crippen LogP contribution in [0.3, 0.4) is 0 Å². The van der Waals surface area contributed by atoms with Crippen molar-refractivity contribution in [1.82, 2.24) is 19.6 Å². The van der Waals surface area contributed by atoms with Crippen molar-refractivity contribution in [2.45, 2.75) is 24.3 Å². The zero-order valence-electron chi connectivity index (χ0n) is 21.1. The fourth-order valence-corrected chi connectivity index (χ4v) is 6.21. The van der Waals surface area contributed by atoms with Gasteiger partial charge >= 0.3 is 0 Å². The lowest BCUT2D eigenvalue weighted by molar-refractivity contribution is -0.133. The molecule has 11 nitrogen and oxygen atoms in total. The Morgan fingerprint density at radius 3 is 2.38 bits per heavy atom. The summed E-state index contributed by atoms with van der Waals surface area (Å²) in [6, 6.07) is 18.2. The van der Waals surface area contributed by atoms with Crippen LogP contribution in [0.4, 0.5) is 0 Å². The van der Waals surface area contributed by atoms with E-state index < -0.39 is 27.5 Å². The maximum Gasteiger partial charge on any atom is 0.276 e. The SMILES string of the molecule is COc1cc(C)cc(Oc2ccc(S(=O)(=O)N3CCc4[nH]n(-c5ccccc5)c(=O)c4[C@@H]3C(=O)NO)cc2)c1. The number of amides is 1. The summed E-state index contributed by atoms with van der Waals surface area (Å²) in [5.74, 6) is 0.499. The molecule has 0 fully saturated rings. The summed E-state index contributed by atoms with van der Waals surface area (Å²) in [6.45, 7) is 1.80. The molecule has 0 bridgehead atoms. The summed E-state index contributed by atoms with van der Waals surface area (Å²) in [4.78, 5) is 26.1. The van der Waals surface area contributed by atoms with E-state index in [9.17, 15) is 23.2 Å². The van der Waals surface area contributed by atoms with E-state index in [1.165, 1.54) is 34.4 Å². The van der Waals surface area contributed by atoms with E-state index in [0.29, 0.717) is 28.6 Å². The molecule has 0 spiro atoms. The van der Waals surface area contributed by atoms with Crippen molar-refractivity contribution in [3.63, 3.8) is 0 Å². The summed E-state index contributed by atoms with van der Waals surface area (Å²) in [5.41, 5.74) is 2.76. The number of aromatic nitrogens is 2. The van der Waals surface area contributed by atoms with Gasteiger partial charge in [0.25, 0.3) is 11.5 Å². The van der Waals surface area contributed by atoms with Crippen LogP contribution in [0.1, 0.15) is 22.9 Å². The third-order valence-corrected chi connectivity index (χ3v) is 8.33. The highest BCUT2D eigenvalue weighted by Crippen LogP contribution is 2.34. The van der Waals surface area contributed by atoms with Crippen LogP contribution in [-0.2, 0) is 21.2 Å². The number of aryl methyl sites for hydroxylation is 1. The minimum absolute atomic E-state index is 0.0476. The van der Waals surface area contributed by atoms with Crippen LogP contribution in [-0.4, -0.2) is 47.3 Å². The Balaban J connectivity index is 1.47. The molecule has 12 heteroatoms. The first-order valence-corrected chi connectivity index (χ1v) is 13.5. The van der Waals surface area contributed by atoms with Crippen molar-refractivity contribution >= 4 is 15.9 Å². The first-order valence-electron chi connectivity index (χ1n) is 12.0. The van der Waals surface area contributed by atoms with Crippen LogP contribution >= 0.6 is 0 Å². The molecule has 1 atom stereocenters. The number of hydrogen-bond donors (Lipinski definition) is 3. The largest absolute Gasteiger partial charge is 0.497 e. The minimum Gasteiger partial charge on any atom is -0.497 e. The fraction of sp³-hybridized carbons (Fsp3) is 0.185. The Bertz CT molecular complexity index is 1680. The normalized spacial score (nSPS) is 15.4. The Hall–Kier alpha value is -4.39. The van der Waals surface area contributed by atoms with Gasteiger partial charge in [-0.2, -0.15) is 4.31 Å². The van der Waals surface area contributed by atoms with E-state index in [1.807, 2.05) is 19.1 Å². The smallest absolute Gasteiger partial charge is 0.276 e. The molecule has 1 aliphatic heterocycles. The second-order valence-electron chi connectivity index (χ2n) is 8.98. The van der Waals surface area contributed by atoms with Gasteiger partial charge in [-0.25, -0.2) is 18.6 Å². The van der Waals surface area contributed by atoms with Gasteiger partial charge in [0.05, 0.1) is 23.3 Å². The summed E-state index contributed by atoms with van der Waals surface area (Å²) in [5, 5.41) is 12.4. The van der Waals surface area contributed by atoms with E-state index in [-0.39, 0.29) is 23.4 Å². The second-order valence-corrected chi connectivity index (χ2v) is 10.9. The van der Waals surface area contributed by atoms with Gasteiger partial charge in [-0.05, 0) is 61.0 Å². The first-order chi connectivity index (χ1) is 18.7. The van der Waals surface area contributed by atoms with E-state index in [1.54, 1.807) is 43.5 Å². The highest BCUT2D eigenvalue weighted by Gasteiger charge is 2.43. The predicted octanol–water partition coefficient (Wildman–Crippen LogP) is 3.07. The van der Waals surface area contributed by atoms with Gasteiger partial charge in [0.15, 0.2) is 0 Å². The highest BCUT2D eigenvalue weighted by molar-refractivity contribution is 7.89. The van der Waals surface area contributed by atoms with Crippen LogP contribution < -0.4 is 20.5 Å². The zero-order chi connectivity index (χ0) is 27.7. The molecule has 1 amide bonds. The maximum atomic E-state index is 13.7. The molecule has 0 radical (unpaired) electrons. The van der Waals surface area contributed by atoms with Crippen LogP contribution in [0, 0.1) is 6.92 Å². The topological polar surface area (TPSA) is 143 Å². The van der Waals surface area contributed by atoms with E-state index in [2.05, 4.69) is 5.10 Å². The monoisotopic (exact) mass is 550 g/mol. The Labute approximate surface area is 224 Å². The minimum atomic E-state index is -4.26. The molecule has 39 heavy (non-hydrogen) atoms. The number of hydroxylamine groups is 1. The summed E-state index contributed by atoms with van der Waals surface area (Å²) in [7, 11) is -2.71. The number of carbonyl (C=O) groups is 1. The molecular formula is C27H26N4O7S. The number of para-hydroxylation sites is 1. The quantitative estimate of drug-likeness (QED) is 0.237. The van der Waals surface area contributed by atoms with Gasteiger partial charge < -0.3 is 9.47 Å². The number of ether oxygens (including phenoxy) is 2. The lowest BCUT2D eigenvalue weighted by Gasteiger charge is -2.32. The molecular weight excluding hydrogens is 524 g/mol. The average molecular weight is 551 g/mol. The first kappa shape index (κ1) is 26.2. The predicted molar refractivity (Wildman–Crippen MR) is 141 cm³/mol.